The Labute approximate surface area is 110 Å². The van der Waals surface area contributed by atoms with E-state index in [1.807, 2.05) is 23.2 Å². The first kappa shape index (κ1) is 10.6. The second-order valence-electron chi connectivity index (χ2n) is 3.48. The average molecular weight is 314 g/mol. The van der Waals surface area contributed by atoms with Crippen molar-refractivity contribution >= 4 is 44.8 Å². The minimum Gasteiger partial charge on any atom is -0.383 e. The fourth-order valence-electron chi connectivity index (χ4n) is 1.62. The minimum absolute atomic E-state index is 0.634. The summed E-state index contributed by atoms with van der Waals surface area (Å²) in [6.45, 7) is 0. The highest BCUT2D eigenvalue weighted by Gasteiger charge is 2.19. The molecule has 0 radical (unpaired) electrons. The highest BCUT2D eigenvalue weighted by Crippen LogP contribution is 2.34. The number of hydrogen-bond donors (Lipinski definition) is 1. The van der Waals surface area contributed by atoms with Crippen LogP contribution in [0.15, 0.2) is 15.9 Å². The van der Waals surface area contributed by atoms with Gasteiger partial charge in [-0.25, -0.2) is 9.97 Å². The second-order valence-corrected chi connectivity index (χ2v) is 6.29. The molecule has 1 aliphatic heterocycles. The van der Waals surface area contributed by atoms with Crippen LogP contribution in [-0.2, 0) is 11.5 Å². The first-order chi connectivity index (χ1) is 7.74. The van der Waals surface area contributed by atoms with Crippen molar-refractivity contribution in [3.05, 3.63) is 27.2 Å². The smallest absolute Gasteiger partial charge is 0.171 e. The molecule has 0 spiro atoms. The van der Waals surface area contributed by atoms with E-state index in [4.69, 9.17) is 5.73 Å². The molecule has 1 aliphatic rings. The molecule has 2 aromatic rings. The van der Waals surface area contributed by atoms with Crippen molar-refractivity contribution in [1.82, 2.24) is 9.97 Å². The van der Waals surface area contributed by atoms with Crippen LogP contribution in [0, 0.1) is 0 Å². The van der Waals surface area contributed by atoms with Crippen LogP contribution in [0.3, 0.4) is 0 Å². The number of thioether (sulfide) groups is 1. The summed E-state index contributed by atoms with van der Waals surface area (Å²) in [6.07, 6.45) is 0. The number of rotatable bonds is 1. The SMILES string of the molecule is Nc1nc(-c2cc(Br)cs2)nc2c1CSC2. The van der Waals surface area contributed by atoms with Crippen molar-refractivity contribution in [3.8, 4) is 10.7 Å². The van der Waals surface area contributed by atoms with Crippen LogP contribution in [0.1, 0.15) is 11.3 Å². The maximum Gasteiger partial charge on any atom is 0.171 e. The Bertz CT molecular complexity index is 553. The van der Waals surface area contributed by atoms with Gasteiger partial charge < -0.3 is 5.73 Å². The molecule has 6 heteroatoms. The fraction of sp³-hybridized carbons (Fsp3) is 0.200. The lowest BCUT2D eigenvalue weighted by molar-refractivity contribution is 1.09. The first-order valence-electron chi connectivity index (χ1n) is 4.71. The molecular formula is C10H8BrN3S2. The molecule has 3 rings (SSSR count). The number of nitrogen functional groups attached to an aromatic ring is 1. The molecule has 82 valence electrons. The van der Waals surface area contributed by atoms with Gasteiger partial charge in [-0.05, 0) is 22.0 Å². The zero-order chi connectivity index (χ0) is 11.1. The summed E-state index contributed by atoms with van der Waals surface area (Å²) in [6, 6.07) is 2.02. The second kappa shape index (κ2) is 4.01. The Morgan fingerprint density at radius 3 is 2.94 bits per heavy atom. The van der Waals surface area contributed by atoms with Crippen molar-refractivity contribution in [2.45, 2.75) is 11.5 Å². The molecule has 0 fully saturated rings. The molecule has 0 amide bonds. The van der Waals surface area contributed by atoms with Gasteiger partial charge in [0.2, 0.25) is 0 Å². The summed E-state index contributed by atoms with van der Waals surface area (Å²) >= 11 is 6.89. The third-order valence-corrected chi connectivity index (χ3v) is 5.06. The minimum atomic E-state index is 0.634. The molecule has 3 heterocycles. The largest absolute Gasteiger partial charge is 0.383 e. The maximum atomic E-state index is 5.95. The monoisotopic (exact) mass is 313 g/mol. The molecular weight excluding hydrogens is 306 g/mol. The summed E-state index contributed by atoms with van der Waals surface area (Å²) in [5, 5.41) is 2.02. The van der Waals surface area contributed by atoms with E-state index in [1.54, 1.807) is 11.3 Å². The zero-order valence-electron chi connectivity index (χ0n) is 8.24. The van der Waals surface area contributed by atoms with Crippen molar-refractivity contribution in [2.75, 3.05) is 5.73 Å². The lowest BCUT2D eigenvalue weighted by atomic mass is 10.2. The molecule has 0 saturated carbocycles. The van der Waals surface area contributed by atoms with Crippen molar-refractivity contribution in [1.29, 1.82) is 0 Å². The Morgan fingerprint density at radius 1 is 1.31 bits per heavy atom. The molecule has 0 aliphatic carbocycles. The Morgan fingerprint density at radius 2 is 2.19 bits per heavy atom. The number of nitrogens with zero attached hydrogens (tertiary/aromatic N) is 2. The van der Waals surface area contributed by atoms with Crippen molar-refractivity contribution in [2.24, 2.45) is 0 Å². The third kappa shape index (κ3) is 1.74. The topological polar surface area (TPSA) is 51.8 Å². The summed E-state index contributed by atoms with van der Waals surface area (Å²) < 4.78 is 1.06. The van der Waals surface area contributed by atoms with E-state index in [9.17, 15) is 0 Å². The van der Waals surface area contributed by atoms with Gasteiger partial charge in [-0.15, -0.1) is 11.3 Å². The number of aromatic nitrogens is 2. The number of fused-ring (bicyclic) bond motifs is 1. The average Bonchev–Trinajstić information content (AvgIpc) is 2.85. The van der Waals surface area contributed by atoms with Gasteiger partial charge in [-0.2, -0.15) is 11.8 Å². The summed E-state index contributed by atoms with van der Waals surface area (Å²) in [7, 11) is 0. The first-order valence-corrected chi connectivity index (χ1v) is 7.54. The van der Waals surface area contributed by atoms with Crippen LogP contribution >= 0.6 is 39.0 Å². The van der Waals surface area contributed by atoms with E-state index in [0.717, 1.165) is 37.9 Å². The van der Waals surface area contributed by atoms with Gasteiger partial charge in [-0.1, -0.05) is 0 Å². The predicted octanol–water partition coefficient (Wildman–Crippen LogP) is 3.30. The predicted molar refractivity (Wildman–Crippen MR) is 72.5 cm³/mol. The van der Waals surface area contributed by atoms with Crippen molar-refractivity contribution < 1.29 is 0 Å². The van der Waals surface area contributed by atoms with Crippen LogP contribution in [0.25, 0.3) is 10.7 Å². The van der Waals surface area contributed by atoms with Gasteiger partial charge in [0.1, 0.15) is 5.82 Å². The number of nitrogens with two attached hydrogens (primary N) is 1. The van der Waals surface area contributed by atoms with Crippen LogP contribution < -0.4 is 5.73 Å². The van der Waals surface area contributed by atoms with Gasteiger partial charge in [-0.3, -0.25) is 0 Å². The Kier molecular flexibility index (Phi) is 2.65. The van der Waals surface area contributed by atoms with E-state index in [2.05, 4.69) is 25.9 Å². The molecule has 2 aromatic heterocycles. The van der Waals surface area contributed by atoms with E-state index < -0.39 is 0 Å². The highest BCUT2D eigenvalue weighted by atomic mass is 79.9. The molecule has 0 saturated heterocycles. The quantitative estimate of drug-likeness (QED) is 0.877. The maximum absolute atomic E-state index is 5.95. The fourth-order valence-corrected chi connectivity index (χ4v) is 4.03. The number of hydrogen-bond acceptors (Lipinski definition) is 5. The lowest BCUT2D eigenvalue weighted by Crippen LogP contribution is -2.02. The van der Waals surface area contributed by atoms with Gasteiger partial charge in [0.25, 0.3) is 0 Å². The molecule has 3 nitrogen and oxygen atoms in total. The number of anilines is 1. The van der Waals surface area contributed by atoms with Crippen molar-refractivity contribution in [3.63, 3.8) is 0 Å². The highest BCUT2D eigenvalue weighted by molar-refractivity contribution is 9.10. The summed E-state index contributed by atoms with van der Waals surface area (Å²) in [4.78, 5) is 10.0. The number of thiophene rings is 1. The van der Waals surface area contributed by atoms with Crippen LogP contribution in [0.5, 0.6) is 0 Å². The lowest BCUT2D eigenvalue weighted by Gasteiger charge is -2.04. The molecule has 2 N–H and O–H groups in total. The van der Waals surface area contributed by atoms with Gasteiger partial charge in [0.05, 0.1) is 10.6 Å². The summed E-state index contributed by atoms with van der Waals surface area (Å²) in [5.74, 6) is 3.26. The van der Waals surface area contributed by atoms with E-state index in [1.165, 1.54) is 0 Å². The van der Waals surface area contributed by atoms with Crippen LogP contribution in [0.4, 0.5) is 5.82 Å². The standard InChI is InChI=1S/C10H8BrN3S2/c11-5-1-8(16-2-5)10-13-7-4-15-3-6(7)9(12)14-10/h1-2H,3-4H2,(H2,12,13,14). The molecule has 0 unspecified atom stereocenters. The van der Waals surface area contributed by atoms with Gasteiger partial charge >= 0.3 is 0 Å². The van der Waals surface area contributed by atoms with Gasteiger partial charge in [0, 0.05) is 26.9 Å². The zero-order valence-corrected chi connectivity index (χ0v) is 11.5. The van der Waals surface area contributed by atoms with E-state index in [0.29, 0.717) is 5.82 Å². The molecule has 0 bridgehead atoms. The third-order valence-electron chi connectivity index (χ3n) is 2.40. The van der Waals surface area contributed by atoms with Gasteiger partial charge in [0.15, 0.2) is 5.82 Å². The normalized spacial score (nSPS) is 14.1. The van der Waals surface area contributed by atoms with E-state index in [-0.39, 0.29) is 0 Å². The van der Waals surface area contributed by atoms with Crippen LogP contribution in [0.2, 0.25) is 0 Å². The number of halogens is 1. The summed E-state index contributed by atoms with van der Waals surface area (Å²) in [5.41, 5.74) is 8.15. The molecule has 0 aromatic carbocycles. The van der Waals surface area contributed by atoms with E-state index >= 15 is 0 Å². The molecule has 16 heavy (non-hydrogen) atoms. The Hall–Kier alpha value is -0.590. The Balaban J connectivity index is 2.12. The molecule has 0 atom stereocenters. The van der Waals surface area contributed by atoms with Crippen LogP contribution in [-0.4, -0.2) is 9.97 Å².